The topological polar surface area (TPSA) is 86.3 Å². The second-order valence-electron chi connectivity index (χ2n) is 8.68. The second kappa shape index (κ2) is 10.1. The van der Waals surface area contributed by atoms with Crippen LogP contribution in [0.15, 0.2) is 77.9 Å². The maximum absolute atomic E-state index is 14.3. The van der Waals surface area contributed by atoms with E-state index < -0.39 is 11.9 Å². The predicted octanol–water partition coefficient (Wildman–Crippen LogP) is 6.02. The minimum absolute atomic E-state index is 0.261. The molecule has 5 aromatic rings. The standard InChI is InChI=1S/C29H23FN6O2/c1-17(34-28-24(31-3)16-33-18(2)35-28)25-13-20-7-5-10-23(19-11-12-32-26(14-19)38-4)27(20)29(37)36(25)22-9-6-8-21(30)15-22/h5-17H,1-2,4H3,(H,33,34,35)/t17-/m0/s1. The summed E-state index contributed by atoms with van der Waals surface area (Å²) in [7, 11) is 1.53. The molecule has 0 saturated carbocycles. The molecule has 0 aliphatic carbocycles. The van der Waals surface area contributed by atoms with Gasteiger partial charge < -0.3 is 10.1 Å². The lowest BCUT2D eigenvalue weighted by atomic mass is 9.98. The molecule has 9 heteroatoms. The molecule has 0 spiro atoms. The summed E-state index contributed by atoms with van der Waals surface area (Å²) in [4.78, 5) is 30.4. The number of hydrogen-bond donors (Lipinski definition) is 1. The lowest BCUT2D eigenvalue weighted by Gasteiger charge is -2.22. The predicted molar refractivity (Wildman–Crippen MR) is 144 cm³/mol. The molecule has 0 radical (unpaired) electrons. The summed E-state index contributed by atoms with van der Waals surface area (Å²) in [6.07, 6.45) is 3.08. The van der Waals surface area contributed by atoms with Crippen LogP contribution in [0.2, 0.25) is 0 Å². The van der Waals surface area contributed by atoms with E-state index in [1.54, 1.807) is 31.3 Å². The van der Waals surface area contributed by atoms with E-state index in [4.69, 9.17) is 11.3 Å². The van der Waals surface area contributed by atoms with Gasteiger partial charge in [0.25, 0.3) is 5.56 Å². The van der Waals surface area contributed by atoms with Crippen LogP contribution < -0.4 is 15.6 Å². The maximum Gasteiger partial charge on any atom is 0.263 e. The third-order valence-electron chi connectivity index (χ3n) is 6.20. The SMILES string of the molecule is [C-]#[N+]c1cnc(C)nc1N[C@@H](C)c1cc2cccc(-c3ccnc(OC)c3)c2c(=O)n1-c1cccc(F)c1. The summed E-state index contributed by atoms with van der Waals surface area (Å²) >= 11 is 0. The molecule has 1 N–H and O–H groups in total. The molecule has 38 heavy (non-hydrogen) atoms. The van der Waals surface area contributed by atoms with Crippen molar-refractivity contribution in [1.29, 1.82) is 0 Å². The van der Waals surface area contributed by atoms with E-state index in [2.05, 4.69) is 25.1 Å². The first-order chi connectivity index (χ1) is 18.4. The number of pyridine rings is 2. The number of aryl methyl sites for hydroxylation is 1. The molecule has 1 atom stereocenters. The summed E-state index contributed by atoms with van der Waals surface area (Å²) in [6, 6.07) is 16.5. The largest absolute Gasteiger partial charge is 0.481 e. The Hall–Kier alpha value is -5.10. The van der Waals surface area contributed by atoms with Gasteiger partial charge in [-0.3, -0.25) is 14.3 Å². The van der Waals surface area contributed by atoms with Crippen LogP contribution >= 0.6 is 0 Å². The molecule has 2 aromatic carbocycles. The molecule has 0 bridgehead atoms. The van der Waals surface area contributed by atoms with Crippen molar-refractivity contribution in [2.45, 2.75) is 19.9 Å². The quantitative estimate of drug-likeness (QED) is 0.283. The highest BCUT2D eigenvalue weighted by atomic mass is 19.1. The number of halogens is 1. The average Bonchev–Trinajstić information content (AvgIpc) is 2.92. The Bertz CT molecular complexity index is 1780. The summed E-state index contributed by atoms with van der Waals surface area (Å²) in [5.74, 6) is 0.826. The van der Waals surface area contributed by atoms with E-state index in [9.17, 15) is 9.18 Å². The Morgan fingerprint density at radius 1 is 1.11 bits per heavy atom. The van der Waals surface area contributed by atoms with Crippen LogP contribution in [0.5, 0.6) is 5.88 Å². The van der Waals surface area contributed by atoms with Gasteiger partial charge in [0.1, 0.15) is 17.5 Å². The molecule has 0 unspecified atom stereocenters. The Morgan fingerprint density at radius 3 is 2.68 bits per heavy atom. The molecule has 0 saturated heterocycles. The zero-order valence-electron chi connectivity index (χ0n) is 20.9. The van der Waals surface area contributed by atoms with E-state index in [-0.39, 0.29) is 11.2 Å². The molecule has 3 aromatic heterocycles. The fourth-order valence-electron chi connectivity index (χ4n) is 4.44. The van der Waals surface area contributed by atoms with Crippen LogP contribution in [-0.4, -0.2) is 26.6 Å². The van der Waals surface area contributed by atoms with Gasteiger partial charge in [0.05, 0.1) is 30.8 Å². The van der Waals surface area contributed by atoms with Gasteiger partial charge >= 0.3 is 0 Å². The first kappa shape index (κ1) is 24.6. The Balaban J connectivity index is 1.76. The Morgan fingerprint density at radius 2 is 1.92 bits per heavy atom. The minimum atomic E-state index is -0.477. The summed E-state index contributed by atoms with van der Waals surface area (Å²) in [6.45, 7) is 11.1. The van der Waals surface area contributed by atoms with Crippen LogP contribution in [0.25, 0.3) is 32.4 Å². The molecule has 3 heterocycles. The van der Waals surface area contributed by atoms with E-state index in [0.29, 0.717) is 45.2 Å². The number of aromatic nitrogens is 4. The fraction of sp³-hybridized carbons (Fsp3) is 0.138. The molecule has 0 aliphatic rings. The van der Waals surface area contributed by atoms with Crippen LogP contribution in [0.3, 0.4) is 0 Å². The third kappa shape index (κ3) is 4.55. The van der Waals surface area contributed by atoms with Crippen LogP contribution in [0, 0.1) is 19.3 Å². The van der Waals surface area contributed by atoms with Gasteiger partial charge in [-0.25, -0.2) is 19.2 Å². The van der Waals surface area contributed by atoms with E-state index in [1.807, 2.05) is 37.3 Å². The number of hydrogen-bond acceptors (Lipinski definition) is 6. The molecule has 8 nitrogen and oxygen atoms in total. The van der Waals surface area contributed by atoms with Crippen molar-refractivity contribution >= 4 is 22.3 Å². The number of nitrogens with one attached hydrogen (secondary N) is 1. The Labute approximate surface area is 218 Å². The van der Waals surface area contributed by atoms with Crippen molar-refractivity contribution in [3.63, 3.8) is 0 Å². The number of ether oxygens (including phenoxy) is 1. The van der Waals surface area contributed by atoms with E-state index >= 15 is 0 Å². The van der Waals surface area contributed by atoms with Crippen LogP contribution in [0.4, 0.5) is 15.9 Å². The van der Waals surface area contributed by atoms with Crippen molar-refractivity contribution in [2.75, 3.05) is 12.4 Å². The minimum Gasteiger partial charge on any atom is -0.481 e. The normalized spacial score (nSPS) is 11.7. The number of rotatable bonds is 6. The first-order valence-corrected chi connectivity index (χ1v) is 11.8. The number of fused-ring (bicyclic) bond motifs is 1. The molecular weight excluding hydrogens is 483 g/mol. The second-order valence-corrected chi connectivity index (χ2v) is 8.68. The van der Waals surface area contributed by atoms with Crippen molar-refractivity contribution in [1.82, 2.24) is 19.5 Å². The van der Waals surface area contributed by atoms with Crippen molar-refractivity contribution < 1.29 is 9.13 Å². The highest BCUT2D eigenvalue weighted by Crippen LogP contribution is 2.32. The van der Waals surface area contributed by atoms with Crippen molar-refractivity contribution in [3.8, 4) is 22.7 Å². The smallest absolute Gasteiger partial charge is 0.263 e. The Kier molecular flexibility index (Phi) is 6.54. The zero-order valence-corrected chi connectivity index (χ0v) is 20.9. The van der Waals surface area contributed by atoms with Gasteiger partial charge in [0, 0.05) is 24.2 Å². The average molecular weight is 507 g/mol. The van der Waals surface area contributed by atoms with Crippen LogP contribution in [-0.2, 0) is 0 Å². The molecular formula is C29H23FN6O2. The van der Waals surface area contributed by atoms with Crippen LogP contribution in [0.1, 0.15) is 24.5 Å². The van der Waals surface area contributed by atoms with Crippen molar-refractivity contribution in [3.05, 3.63) is 112 Å². The van der Waals surface area contributed by atoms with Gasteiger partial charge in [0.2, 0.25) is 11.6 Å². The van der Waals surface area contributed by atoms with Crippen molar-refractivity contribution in [2.24, 2.45) is 0 Å². The molecule has 0 fully saturated rings. The molecule has 5 rings (SSSR count). The number of benzene rings is 2. The first-order valence-electron chi connectivity index (χ1n) is 11.8. The summed E-state index contributed by atoms with van der Waals surface area (Å²) in [5, 5.41) is 4.44. The lowest BCUT2D eigenvalue weighted by Crippen LogP contribution is -2.26. The monoisotopic (exact) mass is 506 g/mol. The van der Waals surface area contributed by atoms with Gasteiger partial charge in [0.15, 0.2) is 0 Å². The maximum atomic E-state index is 14.3. The zero-order chi connectivity index (χ0) is 26.8. The molecule has 188 valence electrons. The van der Waals surface area contributed by atoms with E-state index in [0.717, 1.165) is 5.56 Å². The van der Waals surface area contributed by atoms with Gasteiger partial charge in [-0.15, -0.1) is 0 Å². The highest BCUT2D eigenvalue weighted by molar-refractivity contribution is 5.96. The van der Waals surface area contributed by atoms with E-state index in [1.165, 1.54) is 30.0 Å². The summed E-state index contributed by atoms with van der Waals surface area (Å²) in [5.41, 5.74) is 2.37. The highest BCUT2D eigenvalue weighted by Gasteiger charge is 2.20. The lowest BCUT2D eigenvalue weighted by molar-refractivity contribution is 0.398. The fourth-order valence-corrected chi connectivity index (χ4v) is 4.44. The number of nitrogens with zero attached hydrogens (tertiary/aromatic N) is 5. The van der Waals surface area contributed by atoms with Gasteiger partial charge in [-0.2, -0.15) is 0 Å². The van der Waals surface area contributed by atoms with Gasteiger partial charge in [-0.05, 0) is 60.7 Å². The molecule has 0 aliphatic heterocycles. The number of methoxy groups -OCH3 is 1. The number of anilines is 1. The van der Waals surface area contributed by atoms with Gasteiger partial charge in [-0.1, -0.05) is 24.3 Å². The third-order valence-corrected chi connectivity index (χ3v) is 6.20. The molecule has 0 amide bonds. The summed E-state index contributed by atoms with van der Waals surface area (Å²) < 4.78 is 21.1.